The highest BCUT2D eigenvalue weighted by Crippen LogP contribution is 2.16. The fourth-order valence-corrected chi connectivity index (χ4v) is 2.13. The predicted octanol–water partition coefficient (Wildman–Crippen LogP) is 2.63. The predicted molar refractivity (Wildman–Crippen MR) is 74.4 cm³/mol. The summed E-state index contributed by atoms with van der Waals surface area (Å²) in [6.45, 7) is 5.53. The molecule has 0 unspecified atom stereocenters. The number of methoxy groups -OCH3 is 1. The first-order chi connectivity index (χ1) is 8.61. The number of nitrogens with zero attached hydrogens (tertiary/aromatic N) is 1. The molecule has 0 fully saturated rings. The van der Waals surface area contributed by atoms with Gasteiger partial charge in [0.1, 0.15) is 0 Å². The summed E-state index contributed by atoms with van der Waals surface area (Å²) in [6.07, 6.45) is 0. The summed E-state index contributed by atoms with van der Waals surface area (Å²) in [5.41, 5.74) is 2.77. The van der Waals surface area contributed by atoms with Gasteiger partial charge in [0.2, 0.25) is 0 Å². The van der Waals surface area contributed by atoms with Crippen molar-refractivity contribution >= 4 is 17.5 Å². The molecule has 0 N–H and O–H groups in total. The van der Waals surface area contributed by atoms with Crippen molar-refractivity contribution in [3.05, 3.63) is 34.9 Å². The minimum absolute atomic E-state index is 0.0308. The standard InChI is InChI=1S/C14H20ClNO2/c1-11-5-4-6-12(2)13(11)14(17)16(8-7-15)9-10-18-3/h4-6H,7-10H2,1-3H3. The lowest BCUT2D eigenvalue weighted by Crippen LogP contribution is -2.36. The van der Waals surface area contributed by atoms with Crippen LogP contribution >= 0.6 is 11.6 Å². The molecule has 0 saturated carbocycles. The number of hydrogen-bond acceptors (Lipinski definition) is 2. The number of hydrogen-bond donors (Lipinski definition) is 0. The second kappa shape index (κ2) is 7.39. The lowest BCUT2D eigenvalue weighted by molar-refractivity contribution is 0.0706. The van der Waals surface area contributed by atoms with Gasteiger partial charge in [-0.25, -0.2) is 0 Å². The van der Waals surface area contributed by atoms with E-state index < -0.39 is 0 Å². The smallest absolute Gasteiger partial charge is 0.254 e. The summed E-state index contributed by atoms with van der Waals surface area (Å²) >= 11 is 5.75. The zero-order valence-electron chi connectivity index (χ0n) is 11.2. The summed E-state index contributed by atoms with van der Waals surface area (Å²) in [6, 6.07) is 5.87. The number of carbonyl (C=O) groups is 1. The molecule has 0 atom stereocenters. The maximum Gasteiger partial charge on any atom is 0.254 e. The van der Waals surface area contributed by atoms with Crippen LogP contribution < -0.4 is 0 Å². The summed E-state index contributed by atoms with van der Waals surface area (Å²) in [5, 5.41) is 0. The van der Waals surface area contributed by atoms with Gasteiger partial charge in [0.15, 0.2) is 0 Å². The van der Waals surface area contributed by atoms with Crippen LogP contribution in [-0.2, 0) is 4.74 Å². The topological polar surface area (TPSA) is 29.5 Å². The fraction of sp³-hybridized carbons (Fsp3) is 0.500. The Morgan fingerprint density at radius 1 is 1.28 bits per heavy atom. The molecule has 0 aliphatic rings. The Hall–Kier alpha value is -1.06. The largest absolute Gasteiger partial charge is 0.383 e. The Morgan fingerprint density at radius 3 is 2.39 bits per heavy atom. The van der Waals surface area contributed by atoms with Crippen molar-refractivity contribution in [1.82, 2.24) is 4.90 Å². The van der Waals surface area contributed by atoms with E-state index >= 15 is 0 Å². The van der Waals surface area contributed by atoms with E-state index in [2.05, 4.69) is 0 Å². The van der Waals surface area contributed by atoms with E-state index in [1.54, 1.807) is 12.0 Å². The monoisotopic (exact) mass is 269 g/mol. The van der Waals surface area contributed by atoms with Crippen molar-refractivity contribution in [2.24, 2.45) is 0 Å². The van der Waals surface area contributed by atoms with Gasteiger partial charge in [-0.05, 0) is 25.0 Å². The molecule has 4 heteroatoms. The number of halogens is 1. The van der Waals surface area contributed by atoms with Crippen LogP contribution in [-0.4, -0.2) is 43.5 Å². The molecule has 100 valence electrons. The van der Waals surface area contributed by atoms with Gasteiger partial charge in [-0.3, -0.25) is 4.79 Å². The maximum atomic E-state index is 12.5. The van der Waals surface area contributed by atoms with Gasteiger partial charge in [-0.1, -0.05) is 18.2 Å². The van der Waals surface area contributed by atoms with Crippen molar-refractivity contribution in [3.8, 4) is 0 Å². The minimum atomic E-state index is 0.0308. The molecule has 0 radical (unpaired) electrons. The second-order valence-electron chi connectivity index (χ2n) is 4.24. The van der Waals surface area contributed by atoms with Crippen LogP contribution in [0.3, 0.4) is 0 Å². The average Bonchev–Trinajstić information content (AvgIpc) is 2.34. The van der Waals surface area contributed by atoms with Crippen LogP contribution in [0.4, 0.5) is 0 Å². The Labute approximate surface area is 114 Å². The molecule has 18 heavy (non-hydrogen) atoms. The molecular weight excluding hydrogens is 250 g/mol. The zero-order chi connectivity index (χ0) is 13.5. The molecule has 0 heterocycles. The van der Waals surface area contributed by atoms with E-state index in [1.807, 2.05) is 32.0 Å². The quantitative estimate of drug-likeness (QED) is 0.743. The van der Waals surface area contributed by atoms with Crippen molar-refractivity contribution in [2.45, 2.75) is 13.8 Å². The molecule has 1 rings (SSSR count). The number of aryl methyl sites for hydroxylation is 2. The molecule has 0 bridgehead atoms. The van der Waals surface area contributed by atoms with Gasteiger partial charge in [-0.2, -0.15) is 0 Å². The summed E-state index contributed by atoms with van der Waals surface area (Å²) in [7, 11) is 1.63. The van der Waals surface area contributed by atoms with Crippen molar-refractivity contribution in [2.75, 3.05) is 32.7 Å². The summed E-state index contributed by atoms with van der Waals surface area (Å²) < 4.78 is 5.03. The van der Waals surface area contributed by atoms with Crippen LogP contribution in [0, 0.1) is 13.8 Å². The number of alkyl halides is 1. The van der Waals surface area contributed by atoms with Crippen LogP contribution in [0.5, 0.6) is 0 Å². The van der Waals surface area contributed by atoms with Crippen molar-refractivity contribution in [3.63, 3.8) is 0 Å². The third-order valence-corrected chi connectivity index (χ3v) is 3.07. The Morgan fingerprint density at radius 2 is 1.89 bits per heavy atom. The highest BCUT2D eigenvalue weighted by Gasteiger charge is 2.18. The first-order valence-corrected chi connectivity index (χ1v) is 6.55. The average molecular weight is 270 g/mol. The fourth-order valence-electron chi connectivity index (χ4n) is 1.93. The molecule has 0 saturated heterocycles. The molecule has 1 amide bonds. The minimum Gasteiger partial charge on any atom is -0.383 e. The number of ether oxygens (including phenoxy) is 1. The van der Waals surface area contributed by atoms with E-state index in [9.17, 15) is 4.79 Å². The third-order valence-electron chi connectivity index (χ3n) is 2.90. The Kier molecular flexibility index (Phi) is 6.16. The van der Waals surface area contributed by atoms with E-state index in [0.29, 0.717) is 25.6 Å². The molecular formula is C14H20ClNO2. The van der Waals surface area contributed by atoms with E-state index in [-0.39, 0.29) is 5.91 Å². The normalized spacial score (nSPS) is 10.4. The number of benzene rings is 1. The second-order valence-corrected chi connectivity index (χ2v) is 4.62. The summed E-state index contributed by atoms with van der Waals surface area (Å²) in [5.74, 6) is 0.462. The van der Waals surface area contributed by atoms with E-state index in [1.165, 1.54) is 0 Å². The number of amides is 1. The molecule has 0 aliphatic heterocycles. The van der Waals surface area contributed by atoms with Gasteiger partial charge >= 0.3 is 0 Å². The van der Waals surface area contributed by atoms with Crippen molar-refractivity contribution in [1.29, 1.82) is 0 Å². The number of carbonyl (C=O) groups excluding carboxylic acids is 1. The van der Waals surface area contributed by atoms with E-state index in [0.717, 1.165) is 16.7 Å². The van der Waals surface area contributed by atoms with Crippen LogP contribution in [0.15, 0.2) is 18.2 Å². The molecule has 0 aromatic heterocycles. The Bertz CT molecular complexity index is 387. The molecule has 1 aromatic rings. The van der Waals surface area contributed by atoms with Gasteiger partial charge in [0.25, 0.3) is 5.91 Å². The Balaban J connectivity index is 2.94. The van der Waals surface area contributed by atoms with Crippen molar-refractivity contribution < 1.29 is 9.53 Å². The highest BCUT2D eigenvalue weighted by molar-refractivity contribution is 6.18. The SMILES string of the molecule is COCCN(CCCl)C(=O)c1c(C)cccc1C. The van der Waals surface area contributed by atoms with E-state index in [4.69, 9.17) is 16.3 Å². The summed E-state index contributed by atoms with van der Waals surface area (Å²) in [4.78, 5) is 14.2. The van der Waals surface area contributed by atoms with Gasteiger partial charge in [-0.15, -0.1) is 11.6 Å². The van der Waals surface area contributed by atoms with Gasteiger partial charge in [0.05, 0.1) is 6.61 Å². The lowest BCUT2D eigenvalue weighted by atomic mass is 10.0. The van der Waals surface area contributed by atoms with Gasteiger partial charge in [0, 0.05) is 31.6 Å². The zero-order valence-corrected chi connectivity index (χ0v) is 12.0. The molecule has 0 aliphatic carbocycles. The first kappa shape index (κ1) is 15.0. The molecule has 0 spiro atoms. The number of rotatable bonds is 6. The van der Waals surface area contributed by atoms with Crippen LogP contribution in [0.25, 0.3) is 0 Å². The highest BCUT2D eigenvalue weighted by atomic mass is 35.5. The van der Waals surface area contributed by atoms with Crippen LogP contribution in [0.1, 0.15) is 21.5 Å². The van der Waals surface area contributed by atoms with Crippen LogP contribution in [0.2, 0.25) is 0 Å². The molecule has 1 aromatic carbocycles. The first-order valence-electron chi connectivity index (χ1n) is 6.02. The third kappa shape index (κ3) is 3.72. The lowest BCUT2D eigenvalue weighted by Gasteiger charge is -2.23. The maximum absolute atomic E-state index is 12.5. The van der Waals surface area contributed by atoms with Gasteiger partial charge < -0.3 is 9.64 Å². The molecule has 3 nitrogen and oxygen atoms in total.